The third-order valence-corrected chi connectivity index (χ3v) is 3.70. The third-order valence-electron chi connectivity index (χ3n) is 3.70. The molecule has 0 radical (unpaired) electrons. The molecular formula is C14H20FN3O. The van der Waals surface area contributed by atoms with E-state index >= 15 is 0 Å². The second kappa shape index (κ2) is 5.15. The summed E-state index contributed by atoms with van der Waals surface area (Å²) in [6, 6.07) is 1.41. The Labute approximate surface area is 112 Å². The van der Waals surface area contributed by atoms with Crippen LogP contribution in [0, 0.1) is 17.2 Å². The zero-order valence-electron chi connectivity index (χ0n) is 11.6. The zero-order valence-corrected chi connectivity index (χ0v) is 11.6. The second-order valence-corrected chi connectivity index (χ2v) is 5.65. The van der Waals surface area contributed by atoms with Crippen LogP contribution in [0.15, 0.2) is 12.3 Å². The van der Waals surface area contributed by atoms with Crippen LogP contribution >= 0.6 is 0 Å². The third kappa shape index (κ3) is 3.03. The Balaban J connectivity index is 2.01. The van der Waals surface area contributed by atoms with Gasteiger partial charge in [0.15, 0.2) is 11.6 Å². The van der Waals surface area contributed by atoms with Gasteiger partial charge in [-0.1, -0.05) is 13.8 Å². The van der Waals surface area contributed by atoms with Gasteiger partial charge in [-0.3, -0.25) is 4.79 Å². The van der Waals surface area contributed by atoms with Crippen molar-refractivity contribution in [3.05, 3.63) is 23.6 Å². The lowest BCUT2D eigenvalue weighted by atomic mass is 10.1. The Morgan fingerprint density at radius 2 is 2.26 bits per heavy atom. The maximum atomic E-state index is 14.0. The molecular weight excluding hydrogens is 245 g/mol. The minimum absolute atomic E-state index is 0.0457. The Morgan fingerprint density at radius 3 is 2.84 bits per heavy atom. The minimum Gasteiger partial charge on any atom is -0.368 e. The van der Waals surface area contributed by atoms with E-state index in [1.54, 1.807) is 0 Å². The summed E-state index contributed by atoms with van der Waals surface area (Å²) >= 11 is 0. The number of aromatic nitrogens is 1. The van der Waals surface area contributed by atoms with E-state index < -0.39 is 5.82 Å². The van der Waals surface area contributed by atoms with Gasteiger partial charge in [0.05, 0.1) is 5.56 Å². The molecule has 0 aromatic carbocycles. The number of anilines is 1. The van der Waals surface area contributed by atoms with E-state index in [-0.39, 0.29) is 17.3 Å². The fourth-order valence-electron chi connectivity index (χ4n) is 2.15. The van der Waals surface area contributed by atoms with Crippen molar-refractivity contribution in [2.75, 3.05) is 18.4 Å². The molecule has 1 atom stereocenters. The van der Waals surface area contributed by atoms with Crippen LogP contribution in [0.25, 0.3) is 0 Å². The highest BCUT2D eigenvalue weighted by atomic mass is 19.1. The van der Waals surface area contributed by atoms with Crippen molar-refractivity contribution in [2.24, 2.45) is 11.3 Å². The average Bonchev–Trinajstić information content (AvgIpc) is 2.97. The lowest BCUT2D eigenvalue weighted by molar-refractivity contribution is 0.0946. The monoisotopic (exact) mass is 265 g/mol. The molecule has 2 N–H and O–H groups in total. The molecule has 1 fully saturated rings. The minimum atomic E-state index is -0.586. The molecule has 1 saturated carbocycles. The molecule has 1 aliphatic rings. The molecule has 4 nitrogen and oxygen atoms in total. The summed E-state index contributed by atoms with van der Waals surface area (Å²) in [4.78, 5) is 15.8. The van der Waals surface area contributed by atoms with Gasteiger partial charge in [0.25, 0.3) is 5.91 Å². The highest BCUT2D eigenvalue weighted by molar-refractivity contribution is 5.95. The molecule has 104 valence electrons. The van der Waals surface area contributed by atoms with E-state index in [0.717, 1.165) is 6.42 Å². The first-order chi connectivity index (χ1) is 8.95. The molecule has 1 aromatic rings. The topological polar surface area (TPSA) is 54.0 Å². The van der Waals surface area contributed by atoms with E-state index in [0.29, 0.717) is 24.4 Å². The summed E-state index contributed by atoms with van der Waals surface area (Å²) in [5.74, 6) is -0.338. The summed E-state index contributed by atoms with van der Waals surface area (Å²) in [6.45, 7) is 7.35. The normalized spacial score (nSPS) is 19.9. The SMILES string of the molecule is CCNc1nccc(C(=O)NCC2CC2(C)C)c1F. The molecule has 1 heterocycles. The molecule has 0 aliphatic heterocycles. The molecule has 5 heteroatoms. The molecule has 1 unspecified atom stereocenters. The predicted molar refractivity (Wildman–Crippen MR) is 72.6 cm³/mol. The number of halogens is 1. The van der Waals surface area contributed by atoms with Gasteiger partial charge in [-0.2, -0.15) is 0 Å². The smallest absolute Gasteiger partial charge is 0.254 e. The number of nitrogens with one attached hydrogen (secondary N) is 2. The standard InChI is InChI=1S/C14H20FN3O/c1-4-16-12-11(15)10(5-6-17-12)13(19)18-8-9-7-14(9,2)3/h5-6,9H,4,7-8H2,1-3H3,(H,16,17)(H,18,19). The molecule has 0 bridgehead atoms. The summed E-state index contributed by atoms with van der Waals surface area (Å²) in [5.41, 5.74) is 0.350. The summed E-state index contributed by atoms with van der Waals surface area (Å²) in [6.07, 6.45) is 2.55. The van der Waals surface area contributed by atoms with Crippen molar-refractivity contribution in [3.63, 3.8) is 0 Å². The predicted octanol–water partition coefficient (Wildman–Crippen LogP) is 2.43. The van der Waals surface area contributed by atoms with E-state index in [1.807, 2.05) is 6.92 Å². The quantitative estimate of drug-likeness (QED) is 0.859. The fourth-order valence-corrected chi connectivity index (χ4v) is 2.15. The van der Waals surface area contributed by atoms with Gasteiger partial charge < -0.3 is 10.6 Å². The van der Waals surface area contributed by atoms with Crippen LogP contribution < -0.4 is 10.6 Å². The van der Waals surface area contributed by atoms with Gasteiger partial charge in [0, 0.05) is 19.3 Å². The maximum absolute atomic E-state index is 14.0. The van der Waals surface area contributed by atoms with Crippen LogP contribution in [0.1, 0.15) is 37.6 Å². The zero-order chi connectivity index (χ0) is 14.0. The molecule has 19 heavy (non-hydrogen) atoms. The molecule has 0 spiro atoms. The van der Waals surface area contributed by atoms with E-state index in [2.05, 4.69) is 29.5 Å². The Bertz CT molecular complexity index is 488. The average molecular weight is 265 g/mol. The number of hydrogen-bond donors (Lipinski definition) is 2. The van der Waals surface area contributed by atoms with Crippen LogP contribution in [0.3, 0.4) is 0 Å². The van der Waals surface area contributed by atoms with Crippen molar-refractivity contribution in [3.8, 4) is 0 Å². The number of amides is 1. The van der Waals surface area contributed by atoms with Gasteiger partial charge in [-0.15, -0.1) is 0 Å². The number of nitrogens with zero attached hydrogens (tertiary/aromatic N) is 1. The van der Waals surface area contributed by atoms with E-state index in [9.17, 15) is 9.18 Å². The summed E-state index contributed by atoms with van der Waals surface area (Å²) < 4.78 is 14.0. The molecule has 0 saturated heterocycles. The Hall–Kier alpha value is -1.65. The number of rotatable bonds is 5. The molecule has 1 aliphatic carbocycles. The van der Waals surface area contributed by atoms with Crippen molar-refractivity contribution >= 4 is 11.7 Å². The van der Waals surface area contributed by atoms with Crippen molar-refractivity contribution in [1.82, 2.24) is 10.3 Å². The Kier molecular flexibility index (Phi) is 3.73. The Morgan fingerprint density at radius 1 is 1.58 bits per heavy atom. The van der Waals surface area contributed by atoms with Crippen LogP contribution in [0.4, 0.5) is 10.2 Å². The molecule has 2 rings (SSSR count). The number of carbonyl (C=O) groups is 1. The van der Waals surface area contributed by atoms with Gasteiger partial charge in [-0.25, -0.2) is 9.37 Å². The summed E-state index contributed by atoms with van der Waals surface area (Å²) in [5, 5.41) is 5.59. The first kappa shape index (κ1) is 13.8. The molecule has 1 aromatic heterocycles. The van der Waals surface area contributed by atoms with Crippen molar-refractivity contribution in [1.29, 1.82) is 0 Å². The number of pyridine rings is 1. The molecule has 1 amide bonds. The van der Waals surface area contributed by atoms with Gasteiger partial charge in [0.2, 0.25) is 0 Å². The van der Waals surface area contributed by atoms with Crippen LogP contribution in [0.2, 0.25) is 0 Å². The fraction of sp³-hybridized carbons (Fsp3) is 0.571. The van der Waals surface area contributed by atoms with Crippen LogP contribution in [0.5, 0.6) is 0 Å². The maximum Gasteiger partial charge on any atom is 0.254 e. The first-order valence-corrected chi connectivity index (χ1v) is 6.62. The number of hydrogen-bond acceptors (Lipinski definition) is 3. The lowest BCUT2D eigenvalue weighted by Crippen LogP contribution is -2.27. The number of carbonyl (C=O) groups excluding carboxylic acids is 1. The van der Waals surface area contributed by atoms with Gasteiger partial charge in [0.1, 0.15) is 0 Å². The van der Waals surface area contributed by atoms with Gasteiger partial charge in [-0.05, 0) is 30.7 Å². The highest BCUT2D eigenvalue weighted by Gasteiger charge is 2.45. The largest absolute Gasteiger partial charge is 0.368 e. The van der Waals surface area contributed by atoms with E-state index in [1.165, 1.54) is 12.3 Å². The first-order valence-electron chi connectivity index (χ1n) is 6.62. The van der Waals surface area contributed by atoms with Crippen LogP contribution in [-0.2, 0) is 0 Å². The van der Waals surface area contributed by atoms with E-state index in [4.69, 9.17) is 0 Å². The summed E-state index contributed by atoms with van der Waals surface area (Å²) in [7, 11) is 0. The van der Waals surface area contributed by atoms with Crippen molar-refractivity contribution < 1.29 is 9.18 Å². The van der Waals surface area contributed by atoms with Crippen LogP contribution in [-0.4, -0.2) is 24.0 Å². The second-order valence-electron chi connectivity index (χ2n) is 5.65. The van der Waals surface area contributed by atoms with Crippen molar-refractivity contribution in [2.45, 2.75) is 27.2 Å². The lowest BCUT2D eigenvalue weighted by Gasteiger charge is -2.09. The highest BCUT2D eigenvalue weighted by Crippen LogP contribution is 2.50. The van der Waals surface area contributed by atoms with Gasteiger partial charge >= 0.3 is 0 Å².